The Balaban J connectivity index is 1.77. The summed E-state index contributed by atoms with van der Waals surface area (Å²) in [5.41, 5.74) is 3.08. The summed E-state index contributed by atoms with van der Waals surface area (Å²) in [6.45, 7) is 3.44. The van der Waals surface area contributed by atoms with Crippen LogP contribution in [0, 0.1) is 13.8 Å². The van der Waals surface area contributed by atoms with Crippen LogP contribution in [0.25, 0.3) is 6.08 Å². The van der Waals surface area contributed by atoms with Crippen LogP contribution >= 0.6 is 11.8 Å². The summed E-state index contributed by atoms with van der Waals surface area (Å²) in [7, 11) is 2.78. The monoisotopic (exact) mass is 442 g/mol. The van der Waals surface area contributed by atoms with Crippen LogP contribution in [-0.2, 0) is 9.59 Å². The number of nitrogens with one attached hydrogen (secondary N) is 1. The number of hydrogen-bond donors (Lipinski definition) is 2. The smallest absolute Gasteiger partial charge is 0.294 e. The number of carbonyl (C=O) groups excluding carboxylic acids is 3. The number of ether oxygens (including phenoxy) is 2. The molecule has 0 bridgehead atoms. The molecule has 0 atom stereocenters. The minimum absolute atomic E-state index is 0.152. The first kappa shape index (κ1) is 22.2. The number of aromatic hydroxyl groups is 1. The molecule has 1 aliphatic heterocycles. The molecule has 0 aromatic heterocycles. The fraction of sp³-hybridized carbons (Fsp3) is 0.227. The lowest BCUT2D eigenvalue weighted by Gasteiger charge is -2.13. The molecule has 2 N–H and O–H groups in total. The predicted molar refractivity (Wildman–Crippen MR) is 118 cm³/mol. The fourth-order valence-corrected chi connectivity index (χ4v) is 4.01. The molecular weight excluding hydrogens is 420 g/mol. The van der Waals surface area contributed by atoms with Gasteiger partial charge in [0.25, 0.3) is 11.1 Å². The van der Waals surface area contributed by atoms with Crippen molar-refractivity contribution in [3.63, 3.8) is 0 Å². The van der Waals surface area contributed by atoms with Crippen molar-refractivity contribution in [3.8, 4) is 17.2 Å². The van der Waals surface area contributed by atoms with E-state index < -0.39 is 23.6 Å². The lowest BCUT2D eigenvalue weighted by atomic mass is 10.1. The van der Waals surface area contributed by atoms with Crippen LogP contribution in [0.3, 0.4) is 0 Å². The van der Waals surface area contributed by atoms with Crippen LogP contribution in [0.4, 0.5) is 10.5 Å². The van der Waals surface area contributed by atoms with E-state index in [-0.39, 0.29) is 22.2 Å². The van der Waals surface area contributed by atoms with Crippen LogP contribution < -0.4 is 14.8 Å². The minimum Gasteiger partial charge on any atom is -0.502 e. The number of rotatable bonds is 6. The Morgan fingerprint density at radius 2 is 1.65 bits per heavy atom. The second kappa shape index (κ2) is 9.13. The van der Waals surface area contributed by atoms with E-state index >= 15 is 0 Å². The Morgan fingerprint density at radius 3 is 2.19 bits per heavy atom. The number of hydrogen-bond acceptors (Lipinski definition) is 7. The van der Waals surface area contributed by atoms with E-state index in [2.05, 4.69) is 5.32 Å². The van der Waals surface area contributed by atoms with Gasteiger partial charge in [-0.15, -0.1) is 0 Å². The molecule has 0 unspecified atom stereocenters. The zero-order valence-electron chi connectivity index (χ0n) is 17.5. The molecular formula is C22H22N2O6S. The third kappa shape index (κ3) is 5.00. The predicted octanol–water partition coefficient (Wildman–Crippen LogP) is 3.70. The number of thioether (sulfide) groups is 1. The molecule has 2 aromatic rings. The average molecular weight is 442 g/mol. The molecule has 1 aliphatic rings. The highest BCUT2D eigenvalue weighted by atomic mass is 32.2. The van der Waals surface area contributed by atoms with Gasteiger partial charge < -0.3 is 19.9 Å². The standard InChI is InChI=1S/C22H22N2O6S/c1-12-5-13(2)7-15(6-12)23-19(25)11-24-21(27)18(31-22(24)28)10-14-8-16(29-3)20(26)17(9-14)30-4/h5-10,26H,11H2,1-4H3,(H,23,25)/b18-10+. The molecule has 0 saturated carbocycles. The molecule has 31 heavy (non-hydrogen) atoms. The third-order valence-corrected chi connectivity index (χ3v) is 5.39. The molecule has 1 saturated heterocycles. The summed E-state index contributed by atoms with van der Waals surface area (Å²) in [5, 5.41) is 12.2. The van der Waals surface area contributed by atoms with Gasteiger partial charge in [-0.05, 0) is 72.6 Å². The summed E-state index contributed by atoms with van der Waals surface area (Å²) in [5.74, 6) is -0.883. The normalized spacial score (nSPS) is 14.8. The second-order valence-corrected chi connectivity index (χ2v) is 7.96. The maximum Gasteiger partial charge on any atom is 0.294 e. The quantitative estimate of drug-likeness (QED) is 0.657. The van der Waals surface area contributed by atoms with Crippen LogP contribution in [0.2, 0.25) is 0 Å². The van der Waals surface area contributed by atoms with Gasteiger partial charge in [0.15, 0.2) is 11.5 Å². The van der Waals surface area contributed by atoms with Crippen LogP contribution in [0.1, 0.15) is 16.7 Å². The zero-order valence-corrected chi connectivity index (χ0v) is 18.3. The number of nitrogens with zero attached hydrogens (tertiary/aromatic N) is 1. The van der Waals surface area contributed by atoms with E-state index in [1.54, 1.807) is 0 Å². The first-order chi connectivity index (χ1) is 14.7. The highest BCUT2D eigenvalue weighted by Crippen LogP contribution is 2.39. The van der Waals surface area contributed by atoms with E-state index in [1.807, 2.05) is 32.0 Å². The Morgan fingerprint density at radius 1 is 1.06 bits per heavy atom. The van der Waals surface area contributed by atoms with E-state index in [1.165, 1.54) is 32.4 Å². The van der Waals surface area contributed by atoms with Crippen molar-refractivity contribution in [2.45, 2.75) is 13.8 Å². The van der Waals surface area contributed by atoms with Crippen molar-refractivity contribution < 1.29 is 29.0 Å². The van der Waals surface area contributed by atoms with E-state index in [0.29, 0.717) is 11.3 Å². The first-order valence-corrected chi connectivity index (χ1v) is 10.1. The van der Waals surface area contributed by atoms with Gasteiger partial charge in [-0.3, -0.25) is 19.3 Å². The highest BCUT2D eigenvalue weighted by Gasteiger charge is 2.36. The summed E-state index contributed by atoms with van der Waals surface area (Å²) in [6, 6.07) is 8.62. The number of methoxy groups -OCH3 is 2. The highest BCUT2D eigenvalue weighted by molar-refractivity contribution is 8.18. The number of carbonyl (C=O) groups is 3. The van der Waals surface area contributed by atoms with Gasteiger partial charge in [-0.1, -0.05) is 6.07 Å². The minimum atomic E-state index is -0.573. The summed E-state index contributed by atoms with van der Waals surface area (Å²) < 4.78 is 10.2. The Kier molecular flexibility index (Phi) is 6.55. The lowest BCUT2D eigenvalue weighted by Crippen LogP contribution is -2.36. The van der Waals surface area contributed by atoms with Crippen LogP contribution in [0.15, 0.2) is 35.2 Å². The Hall–Kier alpha value is -3.46. The van der Waals surface area contributed by atoms with Crippen molar-refractivity contribution in [2.75, 3.05) is 26.1 Å². The summed E-state index contributed by atoms with van der Waals surface area (Å²) >= 11 is 0.735. The van der Waals surface area contributed by atoms with Gasteiger partial charge in [-0.25, -0.2) is 0 Å². The molecule has 3 amide bonds. The summed E-state index contributed by atoms with van der Waals surface area (Å²) in [4.78, 5) is 38.5. The maximum atomic E-state index is 12.7. The largest absolute Gasteiger partial charge is 0.502 e. The molecule has 1 heterocycles. The topological polar surface area (TPSA) is 105 Å². The average Bonchev–Trinajstić information content (AvgIpc) is 2.95. The van der Waals surface area contributed by atoms with Crippen LogP contribution in [-0.4, -0.2) is 47.8 Å². The lowest BCUT2D eigenvalue weighted by molar-refractivity contribution is -0.127. The van der Waals surface area contributed by atoms with Gasteiger partial charge >= 0.3 is 0 Å². The third-order valence-electron chi connectivity index (χ3n) is 4.48. The Bertz CT molecular complexity index is 1050. The molecule has 3 rings (SSSR count). The molecule has 1 fully saturated rings. The number of phenolic OH excluding ortho intramolecular Hbond substituents is 1. The molecule has 0 radical (unpaired) electrons. The van der Waals surface area contributed by atoms with Crippen LogP contribution in [0.5, 0.6) is 17.2 Å². The van der Waals surface area contributed by atoms with Gasteiger partial charge in [0, 0.05) is 5.69 Å². The van der Waals surface area contributed by atoms with Crippen molar-refractivity contribution in [3.05, 3.63) is 51.9 Å². The maximum absolute atomic E-state index is 12.7. The molecule has 162 valence electrons. The van der Waals surface area contributed by atoms with Crippen molar-refractivity contribution >= 4 is 40.6 Å². The zero-order chi connectivity index (χ0) is 22.7. The van der Waals surface area contributed by atoms with E-state index in [9.17, 15) is 19.5 Å². The van der Waals surface area contributed by atoms with Gasteiger partial charge in [0.05, 0.1) is 19.1 Å². The molecule has 0 spiro atoms. The number of benzene rings is 2. The molecule has 0 aliphatic carbocycles. The fourth-order valence-electron chi connectivity index (χ4n) is 3.18. The number of anilines is 1. The van der Waals surface area contributed by atoms with Crippen molar-refractivity contribution in [1.29, 1.82) is 0 Å². The number of phenols is 1. The second-order valence-electron chi connectivity index (χ2n) is 6.97. The molecule has 8 nitrogen and oxygen atoms in total. The Labute approximate surface area is 183 Å². The first-order valence-electron chi connectivity index (χ1n) is 9.30. The molecule has 9 heteroatoms. The number of amides is 3. The van der Waals surface area contributed by atoms with Crippen molar-refractivity contribution in [2.24, 2.45) is 0 Å². The molecule has 2 aromatic carbocycles. The van der Waals surface area contributed by atoms with Gasteiger partial charge in [0.1, 0.15) is 6.54 Å². The number of aryl methyl sites for hydroxylation is 2. The van der Waals surface area contributed by atoms with Crippen molar-refractivity contribution in [1.82, 2.24) is 4.90 Å². The number of imide groups is 1. The summed E-state index contributed by atoms with van der Waals surface area (Å²) in [6.07, 6.45) is 1.48. The van der Waals surface area contributed by atoms with Gasteiger partial charge in [0.2, 0.25) is 11.7 Å². The van der Waals surface area contributed by atoms with E-state index in [4.69, 9.17) is 9.47 Å². The van der Waals surface area contributed by atoms with E-state index in [0.717, 1.165) is 27.8 Å². The van der Waals surface area contributed by atoms with Gasteiger partial charge in [-0.2, -0.15) is 0 Å². The SMILES string of the molecule is COc1cc(/C=C2/SC(=O)N(CC(=O)Nc3cc(C)cc(C)c3)C2=O)cc(OC)c1O.